The van der Waals surface area contributed by atoms with Crippen LogP contribution in [0.1, 0.15) is 16.9 Å². The van der Waals surface area contributed by atoms with Gasteiger partial charge in [0.2, 0.25) is 0 Å². The van der Waals surface area contributed by atoms with Gasteiger partial charge in [-0.2, -0.15) is 13.2 Å². The third kappa shape index (κ3) is 2.19. The summed E-state index contributed by atoms with van der Waals surface area (Å²) in [5.74, 6) is -2.73. The number of hydrogen-bond acceptors (Lipinski definition) is 4. The van der Waals surface area contributed by atoms with E-state index in [9.17, 15) is 22.8 Å². The van der Waals surface area contributed by atoms with Crippen molar-refractivity contribution >= 4 is 11.9 Å². The summed E-state index contributed by atoms with van der Waals surface area (Å²) in [6, 6.07) is 0. The second kappa shape index (κ2) is 4.73. The summed E-state index contributed by atoms with van der Waals surface area (Å²) in [5, 5.41) is 8.88. The first-order valence-corrected chi connectivity index (χ1v) is 5.63. The lowest BCUT2D eigenvalue weighted by molar-refractivity contribution is -0.227. The number of carbonyl (C=O) groups is 2. The molecule has 2 heterocycles. The van der Waals surface area contributed by atoms with E-state index in [0.717, 1.165) is 11.1 Å². The molecule has 0 bridgehead atoms. The number of carboxylic acids is 1. The highest BCUT2D eigenvalue weighted by molar-refractivity contribution is 5.93. The predicted octanol–water partition coefficient (Wildman–Crippen LogP) is 0.956. The molecule has 1 amide bonds. The van der Waals surface area contributed by atoms with E-state index in [4.69, 9.17) is 5.11 Å². The quantitative estimate of drug-likeness (QED) is 0.876. The highest BCUT2D eigenvalue weighted by Gasteiger charge is 2.64. The normalized spacial score (nSPS) is 22.9. The van der Waals surface area contributed by atoms with Gasteiger partial charge in [-0.05, 0) is 6.42 Å². The Morgan fingerprint density at radius 1 is 1.35 bits per heavy atom. The van der Waals surface area contributed by atoms with Crippen molar-refractivity contribution in [1.29, 1.82) is 0 Å². The smallest absolute Gasteiger partial charge is 0.406 e. The fourth-order valence-electron chi connectivity index (χ4n) is 2.08. The van der Waals surface area contributed by atoms with Gasteiger partial charge in [0.25, 0.3) is 5.91 Å². The van der Waals surface area contributed by atoms with Crippen molar-refractivity contribution < 1.29 is 27.9 Å². The Morgan fingerprint density at radius 3 is 2.50 bits per heavy atom. The van der Waals surface area contributed by atoms with Gasteiger partial charge in [0.1, 0.15) is 5.69 Å². The van der Waals surface area contributed by atoms with Gasteiger partial charge >= 0.3 is 12.1 Å². The number of alkyl halides is 3. The Bertz CT molecular complexity index is 535. The average molecular weight is 289 g/mol. The van der Waals surface area contributed by atoms with Crippen LogP contribution in [-0.2, 0) is 4.79 Å². The lowest BCUT2D eigenvalue weighted by Gasteiger charge is -2.27. The number of hydrogen-bond donors (Lipinski definition) is 1. The van der Waals surface area contributed by atoms with Gasteiger partial charge in [-0.25, -0.2) is 4.98 Å². The second-order valence-electron chi connectivity index (χ2n) is 4.45. The van der Waals surface area contributed by atoms with Crippen LogP contribution < -0.4 is 0 Å². The molecule has 0 aliphatic carbocycles. The van der Waals surface area contributed by atoms with Crippen LogP contribution in [0.25, 0.3) is 0 Å². The van der Waals surface area contributed by atoms with Gasteiger partial charge in [0.15, 0.2) is 5.41 Å². The minimum absolute atomic E-state index is 0.115. The third-order valence-electron chi connectivity index (χ3n) is 3.29. The van der Waals surface area contributed by atoms with Crippen LogP contribution in [0.3, 0.4) is 0 Å². The van der Waals surface area contributed by atoms with E-state index in [1.165, 1.54) is 12.4 Å². The zero-order valence-electron chi connectivity index (χ0n) is 10.1. The first-order chi connectivity index (χ1) is 9.28. The summed E-state index contributed by atoms with van der Waals surface area (Å²) in [6.07, 6.45) is -1.92. The first-order valence-electron chi connectivity index (χ1n) is 5.63. The van der Waals surface area contributed by atoms with Crippen LogP contribution in [0.4, 0.5) is 13.2 Å². The summed E-state index contributed by atoms with van der Waals surface area (Å²) in [4.78, 5) is 31.1. The van der Waals surface area contributed by atoms with Crippen molar-refractivity contribution in [3.63, 3.8) is 0 Å². The lowest BCUT2D eigenvalue weighted by atomic mass is 9.86. The van der Waals surface area contributed by atoms with Crippen molar-refractivity contribution in [2.24, 2.45) is 5.41 Å². The van der Waals surface area contributed by atoms with Crippen molar-refractivity contribution in [2.75, 3.05) is 13.1 Å². The fraction of sp³-hybridized carbons (Fsp3) is 0.455. The molecule has 1 aliphatic heterocycles. The number of aliphatic carboxylic acids is 1. The summed E-state index contributed by atoms with van der Waals surface area (Å²) in [7, 11) is 0. The molecule has 0 saturated carbocycles. The van der Waals surface area contributed by atoms with Gasteiger partial charge in [-0.3, -0.25) is 14.6 Å². The molecule has 1 aromatic rings. The maximum absolute atomic E-state index is 13.0. The van der Waals surface area contributed by atoms with Crippen LogP contribution in [0.15, 0.2) is 18.6 Å². The molecule has 1 aromatic heterocycles. The van der Waals surface area contributed by atoms with E-state index in [0.29, 0.717) is 0 Å². The maximum Gasteiger partial charge on any atom is 0.406 e. The number of rotatable bonds is 2. The minimum Gasteiger partial charge on any atom is -0.481 e. The van der Waals surface area contributed by atoms with Gasteiger partial charge < -0.3 is 10.0 Å². The maximum atomic E-state index is 13.0. The molecule has 0 aromatic carbocycles. The van der Waals surface area contributed by atoms with E-state index >= 15 is 0 Å². The van der Waals surface area contributed by atoms with E-state index < -0.39 is 36.4 Å². The molecular formula is C11H10F3N3O3. The molecule has 0 spiro atoms. The van der Waals surface area contributed by atoms with E-state index in [1.54, 1.807) is 0 Å². The van der Waals surface area contributed by atoms with Crippen LogP contribution >= 0.6 is 0 Å². The Kier molecular flexibility index (Phi) is 3.36. The van der Waals surface area contributed by atoms with Crippen molar-refractivity contribution in [1.82, 2.24) is 14.9 Å². The summed E-state index contributed by atoms with van der Waals surface area (Å²) < 4.78 is 38.9. The molecule has 1 saturated heterocycles. The number of carboxylic acid groups (broad SMARTS) is 1. The van der Waals surface area contributed by atoms with Crippen molar-refractivity contribution in [2.45, 2.75) is 12.6 Å². The molecule has 2 rings (SSSR count). The molecule has 0 radical (unpaired) electrons. The highest BCUT2D eigenvalue weighted by Crippen LogP contribution is 2.45. The van der Waals surface area contributed by atoms with Crippen LogP contribution in [-0.4, -0.2) is 51.1 Å². The second-order valence-corrected chi connectivity index (χ2v) is 4.45. The number of likely N-dealkylation sites (tertiary alicyclic amines) is 1. The SMILES string of the molecule is O=C(c1cnccn1)N1CCC(C(=O)O)(C(F)(F)F)C1. The molecule has 1 N–H and O–H groups in total. The molecular weight excluding hydrogens is 279 g/mol. The first kappa shape index (κ1) is 14.2. The van der Waals surface area contributed by atoms with E-state index in [1.807, 2.05) is 0 Å². The minimum atomic E-state index is -4.92. The Labute approximate surface area is 111 Å². The van der Waals surface area contributed by atoms with Crippen LogP contribution in [0.5, 0.6) is 0 Å². The number of halogens is 3. The molecule has 20 heavy (non-hydrogen) atoms. The van der Waals surface area contributed by atoms with Gasteiger partial charge in [-0.1, -0.05) is 0 Å². The topological polar surface area (TPSA) is 83.4 Å². The Balaban J connectivity index is 2.24. The molecule has 1 aliphatic rings. The Morgan fingerprint density at radius 2 is 2.05 bits per heavy atom. The van der Waals surface area contributed by atoms with Gasteiger partial charge in [0.05, 0.1) is 6.20 Å². The molecule has 6 nitrogen and oxygen atoms in total. The van der Waals surface area contributed by atoms with E-state index in [-0.39, 0.29) is 12.2 Å². The van der Waals surface area contributed by atoms with Crippen molar-refractivity contribution in [3.05, 3.63) is 24.3 Å². The monoisotopic (exact) mass is 289 g/mol. The van der Waals surface area contributed by atoms with Crippen molar-refractivity contribution in [3.8, 4) is 0 Å². The number of aromatic nitrogens is 2. The molecule has 1 atom stereocenters. The Hall–Kier alpha value is -2.19. The summed E-state index contributed by atoms with van der Waals surface area (Å²) in [5.41, 5.74) is -3.03. The molecule has 9 heteroatoms. The van der Waals surface area contributed by atoms with Gasteiger partial charge in [0, 0.05) is 25.5 Å². The number of amides is 1. The summed E-state index contributed by atoms with van der Waals surface area (Å²) >= 11 is 0. The van der Waals surface area contributed by atoms with Gasteiger partial charge in [-0.15, -0.1) is 0 Å². The molecule has 108 valence electrons. The summed E-state index contributed by atoms with van der Waals surface area (Å²) in [6.45, 7) is -1.21. The zero-order chi connectivity index (χ0) is 15.0. The highest BCUT2D eigenvalue weighted by atomic mass is 19.4. The largest absolute Gasteiger partial charge is 0.481 e. The standard InChI is InChI=1S/C11H10F3N3O3/c12-11(13,14)10(9(19)20)1-4-17(6-10)8(18)7-5-15-2-3-16-7/h2-3,5H,1,4,6H2,(H,19,20). The fourth-order valence-corrected chi connectivity index (χ4v) is 2.08. The molecule has 1 unspecified atom stereocenters. The number of nitrogens with zero attached hydrogens (tertiary/aromatic N) is 3. The van der Waals surface area contributed by atoms with Crippen LogP contribution in [0.2, 0.25) is 0 Å². The number of carbonyl (C=O) groups excluding carboxylic acids is 1. The predicted molar refractivity (Wildman–Crippen MR) is 58.7 cm³/mol. The lowest BCUT2D eigenvalue weighted by Crippen LogP contribution is -2.47. The van der Waals surface area contributed by atoms with E-state index in [2.05, 4.69) is 9.97 Å². The molecule has 1 fully saturated rings. The average Bonchev–Trinajstić information content (AvgIpc) is 2.85. The zero-order valence-corrected chi connectivity index (χ0v) is 10.1. The third-order valence-corrected chi connectivity index (χ3v) is 3.29. The van der Waals surface area contributed by atoms with Crippen LogP contribution in [0, 0.1) is 5.41 Å².